The number of anilines is 1. The maximum atomic E-state index is 11.7. The van der Waals surface area contributed by atoms with Crippen LogP contribution in [0.4, 0.5) is 11.5 Å². The molecule has 0 bridgehead atoms. The number of carbonyl (C=O) groups is 1. The Hall–Kier alpha value is -2.73. The first-order chi connectivity index (χ1) is 9.99. The summed E-state index contributed by atoms with van der Waals surface area (Å²) < 4.78 is 4.80. The van der Waals surface area contributed by atoms with Crippen molar-refractivity contribution in [3.63, 3.8) is 0 Å². The fraction of sp³-hybridized carbons (Fsp3) is 0.417. The minimum absolute atomic E-state index is 0.0617. The van der Waals surface area contributed by atoms with Crippen molar-refractivity contribution in [2.75, 3.05) is 25.6 Å². The van der Waals surface area contributed by atoms with Crippen molar-refractivity contribution < 1.29 is 14.5 Å². The molecule has 0 saturated heterocycles. The fourth-order valence-electron chi connectivity index (χ4n) is 1.46. The van der Waals surface area contributed by atoms with Crippen LogP contribution < -0.4 is 10.6 Å². The number of pyridine rings is 1. The number of ether oxygens (including phenoxy) is 1. The second-order valence-electron chi connectivity index (χ2n) is 4.11. The summed E-state index contributed by atoms with van der Waals surface area (Å²) in [5.41, 5.74) is -0.282. The molecule has 1 atom stereocenters. The molecular weight excluding hydrogens is 278 g/mol. The summed E-state index contributed by atoms with van der Waals surface area (Å²) >= 11 is 0. The van der Waals surface area contributed by atoms with E-state index in [1.165, 1.54) is 13.3 Å². The smallest absolute Gasteiger partial charge is 0.312 e. The summed E-state index contributed by atoms with van der Waals surface area (Å²) in [5.74, 6) is -0.402. The van der Waals surface area contributed by atoms with Crippen molar-refractivity contribution in [2.24, 2.45) is 0 Å². The van der Waals surface area contributed by atoms with Crippen molar-refractivity contribution in [3.8, 4) is 6.07 Å². The van der Waals surface area contributed by atoms with Gasteiger partial charge in [0.1, 0.15) is 12.1 Å². The Morgan fingerprint density at radius 2 is 2.38 bits per heavy atom. The molecule has 1 aromatic rings. The Morgan fingerprint density at radius 1 is 1.67 bits per heavy atom. The zero-order valence-electron chi connectivity index (χ0n) is 11.6. The molecule has 1 amide bonds. The first-order valence-corrected chi connectivity index (χ1v) is 6.07. The van der Waals surface area contributed by atoms with E-state index in [-0.39, 0.29) is 23.0 Å². The zero-order chi connectivity index (χ0) is 15.8. The lowest BCUT2D eigenvalue weighted by molar-refractivity contribution is -0.384. The quantitative estimate of drug-likeness (QED) is 0.423. The van der Waals surface area contributed by atoms with Crippen molar-refractivity contribution in [1.29, 1.82) is 5.26 Å². The normalized spacial score (nSPS) is 11.3. The third-order valence-electron chi connectivity index (χ3n) is 2.55. The van der Waals surface area contributed by atoms with E-state index in [9.17, 15) is 14.9 Å². The standard InChI is InChI=1S/C12H15N5O4/c1-8(12(18)14-3-4-21-2)16-11-10(17(19)20)5-9(6-13)7-15-11/h5,7-8H,3-4H2,1-2H3,(H,14,18)(H,15,16). The highest BCUT2D eigenvalue weighted by atomic mass is 16.6. The molecule has 0 aliphatic rings. The van der Waals surface area contributed by atoms with Gasteiger partial charge in [0.15, 0.2) is 0 Å². The van der Waals surface area contributed by atoms with Gasteiger partial charge in [0.25, 0.3) is 0 Å². The molecule has 1 rings (SSSR count). The Kier molecular flexibility index (Phi) is 6.03. The lowest BCUT2D eigenvalue weighted by atomic mass is 10.2. The first kappa shape index (κ1) is 16.3. The molecule has 2 N–H and O–H groups in total. The monoisotopic (exact) mass is 293 g/mol. The lowest BCUT2D eigenvalue weighted by Gasteiger charge is -2.14. The average Bonchev–Trinajstić information content (AvgIpc) is 2.47. The molecule has 1 unspecified atom stereocenters. The number of nitrogens with one attached hydrogen (secondary N) is 2. The van der Waals surface area contributed by atoms with E-state index < -0.39 is 11.0 Å². The van der Waals surface area contributed by atoms with Crippen LogP contribution in [0.1, 0.15) is 12.5 Å². The van der Waals surface area contributed by atoms with Crippen molar-refractivity contribution in [3.05, 3.63) is 27.9 Å². The molecule has 0 aromatic carbocycles. The number of hydrogen-bond acceptors (Lipinski definition) is 7. The molecule has 0 radical (unpaired) electrons. The molecule has 0 aliphatic heterocycles. The van der Waals surface area contributed by atoms with Crippen LogP contribution in [0.3, 0.4) is 0 Å². The molecule has 21 heavy (non-hydrogen) atoms. The minimum Gasteiger partial charge on any atom is -0.383 e. The van der Waals surface area contributed by atoms with Gasteiger partial charge >= 0.3 is 5.69 Å². The molecular formula is C12H15N5O4. The predicted octanol–water partition coefficient (Wildman–Crippen LogP) is 0.424. The van der Waals surface area contributed by atoms with Crippen LogP contribution in [0.5, 0.6) is 0 Å². The van der Waals surface area contributed by atoms with E-state index in [1.807, 2.05) is 0 Å². The summed E-state index contributed by atoms with van der Waals surface area (Å²) in [6, 6.07) is 2.15. The fourth-order valence-corrected chi connectivity index (χ4v) is 1.46. The number of nitriles is 1. The van der Waals surface area contributed by atoms with Crippen molar-refractivity contribution in [2.45, 2.75) is 13.0 Å². The molecule has 9 heteroatoms. The van der Waals surface area contributed by atoms with Crippen LogP contribution in [-0.4, -0.2) is 42.1 Å². The number of rotatable bonds is 7. The van der Waals surface area contributed by atoms with E-state index in [2.05, 4.69) is 15.6 Å². The van der Waals surface area contributed by atoms with Crippen molar-refractivity contribution in [1.82, 2.24) is 10.3 Å². The first-order valence-electron chi connectivity index (χ1n) is 6.07. The second-order valence-corrected chi connectivity index (χ2v) is 4.11. The SMILES string of the molecule is COCCNC(=O)C(C)Nc1ncc(C#N)cc1[N+](=O)[O-]. The van der Waals surface area contributed by atoms with Crippen LogP contribution in [0.15, 0.2) is 12.3 Å². The highest BCUT2D eigenvalue weighted by Gasteiger charge is 2.20. The number of aromatic nitrogens is 1. The van der Waals surface area contributed by atoms with E-state index in [4.69, 9.17) is 10.00 Å². The summed E-state index contributed by atoms with van der Waals surface area (Å²) in [5, 5.41) is 24.9. The zero-order valence-corrected chi connectivity index (χ0v) is 11.6. The Bertz CT molecular complexity index is 569. The van der Waals surface area contributed by atoms with Gasteiger partial charge in [0.05, 0.1) is 17.1 Å². The molecule has 112 valence electrons. The van der Waals surface area contributed by atoms with Gasteiger partial charge in [-0.05, 0) is 6.92 Å². The minimum atomic E-state index is -0.721. The van der Waals surface area contributed by atoms with Gasteiger partial charge in [0.2, 0.25) is 11.7 Å². The number of methoxy groups -OCH3 is 1. The van der Waals surface area contributed by atoms with Gasteiger partial charge in [0, 0.05) is 25.9 Å². The summed E-state index contributed by atoms with van der Waals surface area (Å²) in [6.07, 6.45) is 1.20. The lowest BCUT2D eigenvalue weighted by Crippen LogP contribution is -2.39. The molecule has 0 saturated carbocycles. The van der Waals surface area contributed by atoms with E-state index in [1.54, 1.807) is 13.0 Å². The van der Waals surface area contributed by atoms with Crippen LogP contribution in [0.25, 0.3) is 0 Å². The highest BCUT2D eigenvalue weighted by Crippen LogP contribution is 2.23. The van der Waals surface area contributed by atoms with Crippen LogP contribution >= 0.6 is 0 Å². The summed E-state index contributed by atoms with van der Waals surface area (Å²) in [7, 11) is 1.51. The number of nitro groups is 1. The van der Waals surface area contributed by atoms with E-state index >= 15 is 0 Å². The largest absolute Gasteiger partial charge is 0.383 e. The molecule has 1 aromatic heterocycles. The predicted molar refractivity (Wildman–Crippen MR) is 73.6 cm³/mol. The van der Waals surface area contributed by atoms with Crippen LogP contribution in [0, 0.1) is 21.4 Å². The van der Waals surface area contributed by atoms with Gasteiger partial charge < -0.3 is 15.4 Å². The van der Waals surface area contributed by atoms with Crippen molar-refractivity contribution >= 4 is 17.4 Å². The van der Waals surface area contributed by atoms with Crippen LogP contribution in [0.2, 0.25) is 0 Å². The topological polar surface area (TPSA) is 130 Å². The van der Waals surface area contributed by atoms with Gasteiger partial charge in [-0.2, -0.15) is 5.26 Å². The Labute approximate surface area is 121 Å². The second kappa shape index (κ2) is 7.76. The van der Waals surface area contributed by atoms with Gasteiger partial charge in [-0.3, -0.25) is 14.9 Å². The van der Waals surface area contributed by atoms with Gasteiger partial charge in [-0.15, -0.1) is 0 Å². The number of amides is 1. The van der Waals surface area contributed by atoms with Gasteiger partial charge in [-0.1, -0.05) is 0 Å². The van der Waals surface area contributed by atoms with E-state index in [0.717, 1.165) is 6.07 Å². The van der Waals surface area contributed by atoms with E-state index in [0.29, 0.717) is 13.2 Å². The molecule has 1 heterocycles. The average molecular weight is 293 g/mol. The molecule has 0 spiro atoms. The number of nitrogens with zero attached hydrogens (tertiary/aromatic N) is 3. The molecule has 9 nitrogen and oxygen atoms in total. The summed E-state index contributed by atoms with van der Waals surface area (Å²) in [4.78, 5) is 25.8. The molecule has 0 aliphatic carbocycles. The number of hydrogen-bond donors (Lipinski definition) is 2. The maximum absolute atomic E-state index is 11.7. The Morgan fingerprint density at radius 3 is 2.95 bits per heavy atom. The van der Waals surface area contributed by atoms with Gasteiger partial charge in [-0.25, -0.2) is 4.98 Å². The Balaban J connectivity index is 2.80. The number of carbonyl (C=O) groups excluding carboxylic acids is 1. The van der Waals surface area contributed by atoms with Crippen LogP contribution in [-0.2, 0) is 9.53 Å². The summed E-state index contributed by atoms with van der Waals surface area (Å²) in [6.45, 7) is 2.25. The third kappa shape index (κ3) is 4.70. The highest BCUT2D eigenvalue weighted by molar-refractivity contribution is 5.84. The maximum Gasteiger partial charge on any atom is 0.312 e. The molecule has 0 fully saturated rings. The third-order valence-corrected chi connectivity index (χ3v) is 2.55.